The summed E-state index contributed by atoms with van der Waals surface area (Å²) in [5.41, 5.74) is -0.637. The van der Waals surface area contributed by atoms with E-state index in [0.29, 0.717) is 11.4 Å². The lowest BCUT2D eigenvalue weighted by molar-refractivity contribution is -0.142. The lowest BCUT2D eigenvalue weighted by atomic mass is 9.99. The summed E-state index contributed by atoms with van der Waals surface area (Å²) in [7, 11) is 1.58. The minimum atomic E-state index is -0.898. The van der Waals surface area contributed by atoms with Crippen LogP contribution in [0.5, 0.6) is 0 Å². The number of rotatable bonds is 8. The van der Waals surface area contributed by atoms with Gasteiger partial charge in [-0.15, -0.1) is 0 Å². The second-order valence-corrected chi connectivity index (χ2v) is 7.81. The summed E-state index contributed by atoms with van der Waals surface area (Å²) in [4.78, 5) is 52.9. The Kier molecular flexibility index (Phi) is 6.31. The third-order valence-corrected chi connectivity index (χ3v) is 5.84. The number of Topliss-reactive ketones (excluding diaryl/α,β-unsaturated/α-hetero) is 1. The zero-order chi connectivity index (χ0) is 24.4. The highest BCUT2D eigenvalue weighted by molar-refractivity contribution is 6.53. The van der Waals surface area contributed by atoms with E-state index >= 15 is 0 Å². The first-order chi connectivity index (χ1) is 16.3. The lowest BCUT2D eigenvalue weighted by Gasteiger charge is -2.36. The number of hydrogen-bond acceptors (Lipinski definition) is 8. The van der Waals surface area contributed by atoms with E-state index in [1.165, 1.54) is 23.3 Å². The summed E-state index contributed by atoms with van der Waals surface area (Å²) >= 11 is 0. The lowest BCUT2D eigenvalue weighted by Crippen LogP contribution is -2.54. The molecule has 1 saturated heterocycles. The van der Waals surface area contributed by atoms with Gasteiger partial charge in [0.05, 0.1) is 12.8 Å². The van der Waals surface area contributed by atoms with Crippen LogP contribution in [0.3, 0.4) is 0 Å². The van der Waals surface area contributed by atoms with Crippen LogP contribution in [-0.4, -0.2) is 49.8 Å². The number of nitrogens with zero attached hydrogens (tertiary/aromatic N) is 2. The molecule has 1 aliphatic heterocycles. The third-order valence-electron chi connectivity index (χ3n) is 5.84. The largest absolute Gasteiger partial charge is 0.467 e. The van der Waals surface area contributed by atoms with Crippen molar-refractivity contribution in [3.05, 3.63) is 80.8 Å². The monoisotopic (exact) mass is 466 g/mol. The molecule has 1 aromatic heterocycles. The van der Waals surface area contributed by atoms with Crippen LogP contribution in [0.2, 0.25) is 0 Å². The molecule has 3 aromatic rings. The van der Waals surface area contributed by atoms with Crippen molar-refractivity contribution in [3.8, 4) is 0 Å². The average Bonchev–Trinajstić information content (AvgIpc) is 3.38. The van der Waals surface area contributed by atoms with Crippen LogP contribution in [0.4, 0.5) is 21.5 Å². The Bertz CT molecular complexity index is 1320. The number of nitrogens with one attached hydrogen (secondary N) is 2. The molecule has 0 aliphatic carbocycles. The van der Waals surface area contributed by atoms with Gasteiger partial charge in [-0.1, -0.05) is 12.6 Å². The number of halogens is 1. The number of hydrogen-bond donors (Lipinski definition) is 2. The van der Waals surface area contributed by atoms with Crippen LogP contribution >= 0.6 is 0 Å². The summed E-state index contributed by atoms with van der Waals surface area (Å²) in [5.74, 6) is -1.73. The fourth-order valence-electron chi connectivity index (χ4n) is 3.99. The summed E-state index contributed by atoms with van der Waals surface area (Å²) in [5, 5.41) is 5.73. The Hall–Kier alpha value is -4.21. The zero-order valence-corrected chi connectivity index (χ0v) is 18.5. The van der Waals surface area contributed by atoms with E-state index in [4.69, 9.17) is 4.42 Å². The molecule has 0 spiro atoms. The van der Waals surface area contributed by atoms with Crippen molar-refractivity contribution < 1.29 is 18.4 Å². The molecule has 1 amide bonds. The molecular formula is C24H23FN4O5. The van der Waals surface area contributed by atoms with E-state index in [-0.39, 0.29) is 55.2 Å². The van der Waals surface area contributed by atoms with Gasteiger partial charge in [-0.05, 0) is 24.3 Å². The van der Waals surface area contributed by atoms with Gasteiger partial charge >= 0.3 is 0 Å². The van der Waals surface area contributed by atoms with Crippen molar-refractivity contribution in [2.45, 2.75) is 6.54 Å². The molecular weight excluding hydrogens is 443 g/mol. The first kappa shape index (κ1) is 23.0. The van der Waals surface area contributed by atoms with Gasteiger partial charge in [0, 0.05) is 50.1 Å². The fourth-order valence-corrected chi connectivity index (χ4v) is 3.99. The van der Waals surface area contributed by atoms with Gasteiger partial charge in [-0.25, -0.2) is 4.39 Å². The van der Waals surface area contributed by atoms with Gasteiger partial charge in [0.25, 0.3) is 22.5 Å². The molecule has 2 aromatic carbocycles. The first-order valence-electron chi connectivity index (χ1n) is 10.7. The number of anilines is 3. The molecule has 9 nitrogen and oxygen atoms in total. The molecule has 34 heavy (non-hydrogen) atoms. The van der Waals surface area contributed by atoms with E-state index in [1.54, 1.807) is 30.1 Å². The minimum absolute atomic E-state index is 0.0435. The van der Waals surface area contributed by atoms with Crippen molar-refractivity contribution in [2.24, 2.45) is 0 Å². The van der Waals surface area contributed by atoms with Crippen molar-refractivity contribution in [3.63, 3.8) is 0 Å². The molecule has 2 heterocycles. The quantitative estimate of drug-likeness (QED) is 0.380. The number of benzene rings is 1. The molecule has 4 rings (SSSR count). The predicted molar refractivity (Wildman–Crippen MR) is 126 cm³/mol. The van der Waals surface area contributed by atoms with E-state index in [2.05, 4.69) is 17.2 Å². The number of ketones is 1. The van der Waals surface area contributed by atoms with Crippen LogP contribution < -0.4 is 26.4 Å². The van der Waals surface area contributed by atoms with Crippen LogP contribution in [-0.2, 0) is 16.1 Å². The Balaban J connectivity index is 1.41. The maximum absolute atomic E-state index is 14.3. The standard InChI is InChI=1S/C24H23FN4O5/c1-14(18-16(25)6-3-7-17(18)26-2)21(30)24(33)29-10-8-28(9-11-29)20-19(22(31)23(20)32)27-13-15-5-4-12-34-15/h3-7,12,26-27H,1,8-11,13H2,2H3. The number of amides is 1. The summed E-state index contributed by atoms with van der Waals surface area (Å²) < 4.78 is 19.6. The van der Waals surface area contributed by atoms with Crippen molar-refractivity contribution in [1.29, 1.82) is 0 Å². The topological polar surface area (TPSA) is 112 Å². The van der Waals surface area contributed by atoms with Crippen LogP contribution in [0.15, 0.2) is 57.2 Å². The second-order valence-electron chi connectivity index (χ2n) is 7.81. The first-order valence-corrected chi connectivity index (χ1v) is 10.7. The molecule has 0 saturated carbocycles. The van der Waals surface area contributed by atoms with Gasteiger partial charge in [-0.2, -0.15) is 0 Å². The van der Waals surface area contributed by atoms with Crippen LogP contribution in [0, 0.1) is 5.82 Å². The predicted octanol–water partition coefficient (Wildman–Crippen LogP) is 1.60. The number of piperazine rings is 1. The Morgan fingerprint density at radius 1 is 1.09 bits per heavy atom. The maximum atomic E-state index is 14.3. The number of carbonyl (C=O) groups is 2. The fraction of sp³-hybridized carbons (Fsp3) is 0.250. The van der Waals surface area contributed by atoms with Gasteiger partial charge in [0.15, 0.2) is 0 Å². The van der Waals surface area contributed by atoms with E-state index in [1.807, 2.05) is 0 Å². The van der Waals surface area contributed by atoms with Crippen LogP contribution in [0.1, 0.15) is 11.3 Å². The van der Waals surface area contributed by atoms with E-state index in [0.717, 1.165) is 0 Å². The molecule has 0 bridgehead atoms. The highest BCUT2D eigenvalue weighted by Gasteiger charge is 2.33. The summed E-state index contributed by atoms with van der Waals surface area (Å²) in [6, 6.07) is 7.73. The smallest absolute Gasteiger partial charge is 0.295 e. The Morgan fingerprint density at radius 2 is 1.82 bits per heavy atom. The Labute approximate surface area is 194 Å². The maximum Gasteiger partial charge on any atom is 0.295 e. The SMILES string of the molecule is C=C(C(=O)C(=O)N1CCN(c2c(NCc3ccco3)c(=O)c2=O)CC1)c1c(F)cccc1NC. The van der Waals surface area contributed by atoms with Crippen molar-refractivity contribution in [2.75, 3.05) is 48.8 Å². The number of carbonyl (C=O) groups excluding carboxylic acids is 2. The highest BCUT2D eigenvalue weighted by Crippen LogP contribution is 2.27. The summed E-state index contributed by atoms with van der Waals surface area (Å²) in [6.45, 7) is 4.74. The van der Waals surface area contributed by atoms with E-state index in [9.17, 15) is 23.6 Å². The molecule has 0 radical (unpaired) electrons. The molecule has 1 fully saturated rings. The molecule has 2 N–H and O–H groups in total. The van der Waals surface area contributed by atoms with Crippen LogP contribution in [0.25, 0.3) is 5.57 Å². The molecule has 10 heteroatoms. The molecule has 1 aliphatic rings. The van der Waals surface area contributed by atoms with Gasteiger partial charge in [0.1, 0.15) is 23.0 Å². The zero-order valence-electron chi connectivity index (χ0n) is 18.5. The van der Waals surface area contributed by atoms with Crippen molar-refractivity contribution in [1.82, 2.24) is 4.90 Å². The molecule has 176 valence electrons. The number of furan rings is 1. The molecule has 0 atom stereocenters. The average molecular weight is 466 g/mol. The summed E-state index contributed by atoms with van der Waals surface area (Å²) in [6.07, 6.45) is 1.51. The van der Waals surface area contributed by atoms with E-state index < -0.39 is 28.4 Å². The normalized spacial score (nSPS) is 13.7. The highest BCUT2D eigenvalue weighted by atomic mass is 19.1. The van der Waals surface area contributed by atoms with Gasteiger partial charge in [0.2, 0.25) is 0 Å². The van der Waals surface area contributed by atoms with Gasteiger partial charge in [-0.3, -0.25) is 19.2 Å². The third kappa shape index (κ3) is 4.09. The minimum Gasteiger partial charge on any atom is -0.467 e. The Morgan fingerprint density at radius 3 is 2.47 bits per heavy atom. The molecule has 0 unspecified atom stereocenters. The second kappa shape index (κ2) is 9.34. The van der Waals surface area contributed by atoms with Crippen molar-refractivity contribution >= 4 is 34.3 Å². The van der Waals surface area contributed by atoms with Gasteiger partial charge < -0.3 is 24.9 Å².